The molecule has 0 aliphatic heterocycles. The van der Waals surface area contributed by atoms with Crippen molar-refractivity contribution >= 4 is 17.2 Å². The largest absolute Gasteiger partial charge is 0.366 e. The number of thiophene rings is 1. The molecule has 2 rings (SSSR count). The minimum atomic E-state index is -0.368. The van der Waals surface area contributed by atoms with Gasteiger partial charge in [0.2, 0.25) is 5.91 Å². The standard InChI is InChI=1S/C16H21N3OS/c17-7-9-19(8-6-13-4-2-1-3-5-13)11-15-10-14(12-21-15)16(18)20/h1-5,10,12H,6-9,11,17H2,(H2,18,20). The van der Waals surface area contributed by atoms with Crippen molar-refractivity contribution in [1.29, 1.82) is 0 Å². The SMILES string of the molecule is NCCN(CCc1ccccc1)Cc1cc(C(N)=O)cs1. The molecule has 5 heteroatoms. The first-order chi connectivity index (χ1) is 10.2. The van der Waals surface area contributed by atoms with E-state index in [1.807, 2.05) is 17.5 Å². The maximum Gasteiger partial charge on any atom is 0.249 e. The Hall–Kier alpha value is -1.69. The lowest BCUT2D eigenvalue weighted by Crippen LogP contribution is -2.30. The van der Waals surface area contributed by atoms with E-state index in [0.29, 0.717) is 12.1 Å². The second-order valence-corrected chi connectivity index (χ2v) is 5.96. The van der Waals surface area contributed by atoms with Gasteiger partial charge in [-0.05, 0) is 18.1 Å². The van der Waals surface area contributed by atoms with Gasteiger partial charge in [0.1, 0.15) is 0 Å². The predicted octanol–water partition coefficient (Wildman–Crippen LogP) is 1.85. The topological polar surface area (TPSA) is 72.3 Å². The Labute approximate surface area is 129 Å². The van der Waals surface area contributed by atoms with Gasteiger partial charge in [-0.25, -0.2) is 0 Å². The zero-order valence-electron chi connectivity index (χ0n) is 12.0. The number of hydrogen-bond donors (Lipinski definition) is 2. The van der Waals surface area contributed by atoms with Gasteiger partial charge in [-0.2, -0.15) is 0 Å². The van der Waals surface area contributed by atoms with Gasteiger partial charge >= 0.3 is 0 Å². The molecule has 0 bridgehead atoms. The van der Waals surface area contributed by atoms with Crippen LogP contribution in [-0.4, -0.2) is 30.4 Å². The summed E-state index contributed by atoms with van der Waals surface area (Å²) >= 11 is 1.57. The smallest absolute Gasteiger partial charge is 0.249 e. The van der Waals surface area contributed by atoms with Gasteiger partial charge in [0.05, 0.1) is 5.56 Å². The zero-order chi connectivity index (χ0) is 15.1. The van der Waals surface area contributed by atoms with Crippen LogP contribution in [0.4, 0.5) is 0 Å². The zero-order valence-corrected chi connectivity index (χ0v) is 12.8. The lowest BCUT2D eigenvalue weighted by Gasteiger charge is -2.20. The summed E-state index contributed by atoms with van der Waals surface area (Å²) < 4.78 is 0. The number of hydrogen-bond acceptors (Lipinski definition) is 4. The van der Waals surface area contributed by atoms with Gasteiger partial charge in [-0.3, -0.25) is 9.69 Å². The third-order valence-electron chi connectivity index (χ3n) is 3.32. The quantitative estimate of drug-likeness (QED) is 0.781. The fraction of sp³-hybridized carbons (Fsp3) is 0.312. The molecule has 0 fully saturated rings. The van der Waals surface area contributed by atoms with Crippen molar-refractivity contribution in [2.24, 2.45) is 11.5 Å². The monoisotopic (exact) mass is 303 g/mol. The van der Waals surface area contributed by atoms with Crippen LogP contribution in [0.15, 0.2) is 41.8 Å². The number of primary amides is 1. The number of nitrogens with two attached hydrogens (primary N) is 2. The van der Waals surface area contributed by atoms with Gasteiger partial charge in [0, 0.05) is 36.4 Å². The highest BCUT2D eigenvalue weighted by Crippen LogP contribution is 2.16. The molecule has 112 valence electrons. The fourth-order valence-electron chi connectivity index (χ4n) is 2.20. The summed E-state index contributed by atoms with van der Waals surface area (Å²) in [4.78, 5) is 14.6. The van der Waals surface area contributed by atoms with E-state index < -0.39 is 0 Å². The Morgan fingerprint density at radius 3 is 2.57 bits per heavy atom. The van der Waals surface area contributed by atoms with E-state index in [9.17, 15) is 4.79 Å². The Bertz CT molecular complexity index is 568. The van der Waals surface area contributed by atoms with Crippen LogP contribution in [0.25, 0.3) is 0 Å². The molecule has 1 aromatic carbocycles. The van der Waals surface area contributed by atoms with E-state index in [-0.39, 0.29) is 5.91 Å². The van der Waals surface area contributed by atoms with Crippen molar-refractivity contribution in [2.45, 2.75) is 13.0 Å². The van der Waals surface area contributed by atoms with Crippen LogP contribution in [0.5, 0.6) is 0 Å². The number of benzene rings is 1. The minimum absolute atomic E-state index is 0.368. The summed E-state index contributed by atoms with van der Waals surface area (Å²) in [6.07, 6.45) is 0.995. The van der Waals surface area contributed by atoms with Gasteiger partial charge in [-0.1, -0.05) is 30.3 Å². The van der Waals surface area contributed by atoms with Crippen LogP contribution < -0.4 is 11.5 Å². The lowest BCUT2D eigenvalue weighted by atomic mass is 10.1. The van der Waals surface area contributed by atoms with Gasteiger partial charge in [-0.15, -0.1) is 11.3 Å². The Morgan fingerprint density at radius 1 is 1.19 bits per heavy atom. The van der Waals surface area contributed by atoms with Crippen molar-refractivity contribution in [2.75, 3.05) is 19.6 Å². The van der Waals surface area contributed by atoms with Crippen molar-refractivity contribution in [3.8, 4) is 0 Å². The second kappa shape index (κ2) is 7.93. The molecule has 0 aliphatic carbocycles. The van der Waals surface area contributed by atoms with Crippen LogP contribution in [0.2, 0.25) is 0 Å². The summed E-state index contributed by atoms with van der Waals surface area (Å²) in [5, 5.41) is 1.81. The van der Waals surface area contributed by atoms with E-state index in [1.165, 1.54) is 5.56 Å². The second-order valence-electron chi connectivity index (χ2n) is 4.97. The van der Waals surface area contributed by atoms with Gasteiger partial charge in [0.15, 0.2) is 0 Å². The molecule has 1 amide bonds. The molecule has 1 heterocycles. The normalized spacial score (nSPS) is 11.0. The molecule has 21 heavy (non-hydrogen) atoms. The molecule has 0 saturated carbocycles. The van der Waals surface area contributed by atoms with Crippen LogP contribution in [0.3, 0.4) is 0 Å². The Morgan fingerprint density at radius 2 is 1.95 bits per heavy atom. The van der Waals surface area contributed by atoms with Crippen molar-refractivity contribution in [1.82, 2.24) is 4.90 Å². The molecular formula is C16H21N3OS. The van der Waals surface area contributed by atoms with Crippen molar-refractivity contribution < 1.29 is 4.79 Å². The maximum atomic E-state index is 11.1. The first kappa shape index (κ1) is 15.7. The molecule has 2 aromatic rings. The molecule has 0 atom stereocenters. The summed E-state index contributed by atoms with van der Waals surface area (Å²) in [7, 11) is 0. The van der Waals surface area contributed by atoms with E-state index in [0.717, 1.165) is 30.9 Å². The van der Waals surface area contributed by atoms with Crippen LogP contribution in [-0.2, 0) is 13.0 Å². The van der Waals surface area contributed by atoms with E-state index >= 15 is 0 Å². The van der Waals surface area contributed by atoms with E-state index in [1.54, 1.807) is 11.3 Å². The number of amides is 1. The van der Waals surface area contributed by atoms with Crippen molar-refractivity contribution in [3.05, 3.63) is 57.8 Å². The number of carbonyl (C=O) groups excluding carboxylic acids is 1. The number of carbonyl (C=O) groups is 1. The van der Waals surface area contributed by atoms with Gasteiger partial charge < -0.3 is 11.5 Å². The van der Waals surface area contributed by atoms with E-state index in [2.05, 4.69) is 29.2 Å². The molecule has 1 aromatic heterocycles. The summed E-state index contributed by atoms with van der Waals surface area (Å²) in [5.74, 6) is -0.368. The van der Waals surface area contributed by atoms with Gasteiger partial charge in [0.25, 0.3) is 0 Å². The molecule has 0 unspecified atom stereocenters. The molecule has 0 spiro atoms. The Kier molecular flexibility index (Phi) is 5.92. The molecule has 0 saturated heterocycles. The molecular weight excluding hydrogens is 282 g/mol. The first-order valence-electron chi connectivity index (χ1n) is 7.02. The predicted molar refractivity (Wildman–Crippen MR) is 87.3 cm³/mol. The summed E-state index contributed by atoms with van der Waals surface area (Å²) in [6, 6.07) is 12.3. The molecule has 4 N–H and O–H groups in total. The van der Waals surface area contributed by atoms with Crippen LogP contribution in [0.1, 0.15) is 20.8 Å². The average Bonchev–Trinajstić information content (AvgIpc) is 2.95. The number of rotatable bonds is 8. The average molecular weight is 303 g/mol. The van der Waals surface area contributed by atoms with Crippen molar-refractivity contribution in [3.63, 3.8) is 0 Å². The Balaban J connectivity index is 1.93. The summed E-state index contributed by atoms with van der Waals surface area (Å²) in [6.45, 7) is 3.23. The first-order valence-corrected chi connectivity index (χ1v) is 7.90. The highest BCUT2D eigenvalue weighted by Gasteiger charge is 2.09. The minimum Gasteiger partial charge on any atom is -0.366 e. The van der Waals surface area contributed by atoms with E-state index in [4.69, 9.17) is 11.5 Å². The lowest BCUT2D eigenvalue weighted by molar-refractivity contribution is 0.100. The molecule has 0 aliphatic rings. The third-order valence-corrected chi connectivity index (χ3v) is 4.24. The highest BCUT2D eigenvalue weighted by molar-refractivity contribution is 7.10. The fourth-order valence-corrected chi connectivity index (χ4v) is 3.11. The summed E-state index contributed by atoms with van der Waals surface area (Å²) in [5.41, 5.74) is 12.9. The third kappa shape index (κ3) is 4.97. The van der Waals surface area contributed by atoms with Crippen LogP contribution in [0, 0.1) is 0 Å². The maximum absolute atomic E-state index is 11.1. The highest BCUT2D eigenvalue weighted by atomic mass is 32.1. The van der Waals surface area contributed by atoms with Crippen LogP contribution >= 0.6 is 11.3 Å². The number of nitrogens with zero attached hydrogens (tertiary/aromatic N) is 1. The molecule has 4 nitrogen and oxygen atoms in total. The molecule has 0 radical (unpaired) electrons.